The highest BCUT2D eigenvalue weighted by Gasteiger charge is 2.35. The SMILES string of the molecule is O=C(Nc1c(Cl)cccc1Cl)c1cc2nc(-c3cccs3)cc(C(F)(F)F)n2n1. The van der Waals surface area contributed by atoms with Gasteiger partial charge in [-0.2, -0.15) is 18.3 Å². The van der Waals surface area contributed by atoms with Gasteiger partial charge in [-0.25, -0.2) is 9.50 Å². The van der Waals surface area contributed by atoms with Gasteiger partial charge in [-0.15, -0.1) is 11.3 Å². The number of nitrogens with zero attached hydrogens (tertiary/aromatic N) is 3. The molecule has 0 unspecified atom stereocenters. The van der Waals surface area contributed by atoms with Gasteiger partial charge in [-0.05, 0) is 29.6 Å². The van der Waals surface area contributed by atoms with E-state index >= 15 is 0 Å². The average Bonchev–Trinajstić information content (AvgIpc) is 3.32. The lowest BCUT2D eigenvalue weighted by molar-refractivity contribution is -0.142. The van der Waals surface area contributed by atoms with Crippen molar-refractivity contribution < 1.29 is 18.0 Å². The highest BCUT2D eigenvalue weighted by molar-refractivity contribution is 7.13. The van der Waals surface area contributed by atoms with E-state index in [0.717, 1.165) is 6.07 Å². The number of amides is 1. The topological polar surface area (TPSA) is 59.3 Å². The molecule has 148 valence electrons. The summed E-state index contributed by atoms with van der Waals surface area (Å²) in [6.45, 7) is 0. The number of alkyl halides is 3. The molecule has 0 fully saturated rings. The van der Waals surface area contributed by atoms with Crippen molar-refractivity contribution in [2.24, 2.45) is 0 Å². The Morgan fingerprint density at radius 3 is 2.45 bits per heavy atom. The summed E-state index contributed by atoms with van der Waals surface area (Å²) < 4.78 is 41.3. The fourth-order valence-corrected chi connectivity index (χ4v) is 3.81. The molecule has 29 heavy (non-hydrogen) atoms. The summed E-state index contributed by atoms with van der Waals surface area (Å²) >= 11 is 13.3. The zero-order valence-corrected chi connectivity index (χ0v) is 16.5. The smallest absolute Gasteiger partial charge is 0.318 e. The van der Waals surface area contributed by atoms with Crippen LogP contribution in [0.2, 0.25) is 10.0 Å². The Labute approximate surface area is 175 Å². The van der Waals surface area contributed by atoms with E-state index in [1.165, 1.54) is 29.5 Å². The molecule has 0 atom stereocenters. The van der Waals surface area contributed by atoms with Crippen molar-refractivity contribution in [1.29, 1.82) is 0 Å². The third kappa shape index (κ3) is 3.81. The number of benzene rings is 1. The Bertz CT molecular complexity index is 1200. The summed E-state index contributed by atoms with van der Waals surface area (Å²) in [6, 6.07) is 10.1. The van der Waals surface area contributed by atoms with Crippen molar-refractivity contribution in [3.8, 4) is 10.6 Å². The molecule has 5 nitrogen and oxygen atoms in total. The maximum Gasteiger partial charge on any atom is 0.433 e. The second-order valence-corrected chi connectivity index (χ2v) is 7.61. The van der Waals surface area contributed by atoms with Gasteiger partial charge in [0.25, 0.3) is 5.91 Å². The van der Waals surface area contributed by atoms with Gasteiger partial charge in [-0.3, -0.25) is 4.79 Å². The number of hydrogen-bond acceptors (Lipinski definition) is 4. The first-order chi connectivity index (χ1) is 13.7. The molecule has 11 heteroatoms. The monoisotopic (exact) mass is 456 g/mol. The highest BCUT2D eigenvalue weighted by Crippen LogP contribution is 2.34. The van der Waals surface area contributed by atoms with Crippen molar-refractivity contribution in [1.82, 2.24) is 14.6 Å². The second-order valence-electron chi connectivity index (χ2n) is 5.85. The number of fused-ring (bicyclic) bond motifs is 1. The van der Waals surface area contributed by atoms with Crippen LogP contribution in [-0.4, -0.2) is 20.5 Å². The lowest BCUT2D eigenvalue weighted by atomic mass is 10.2. The normalized spacial score (nSPS) is 11.8. The van der Waals surface area contributed by atoms with Gasteiger partial charge in [-0.1, -0.05) is 35.3 Å². The number of thiophene rings is 1. The molecule has 0 saturated heterocycles. The summed E-state index contributed by atoms with van der Waals surface area (Å²) in [7, 11) is 0. The maximum atomic E-state index is 13.6. The van der Waals surface area contributed by atoms with E-state index in [0.29, 0.717) is 9.39 Å². The molecule has 1 amide bonds. The molecular weight excluding hydrogens is 448 g/mol. The van der Waals surface area contributed by atoms with Gasteiger partial charge in [0.1, 0.15) is 0 Å². The lowest BCUT2D eigenvalue weighted by Crippen LogP contribution is -2.16. The zero-order valence-electron chi connectivity index (χ0n) is 14.2. The number of carbonyl (C=O) groups is 1. The van der Waals surface area contributed by atoms with E-state index in [9.17, 15) is 18.0 Å². The van der Waals surface area contributed by atoms with Crippen molar-refractivity contribution in [3.63, 3.8) is 0 Å². The van der Waals surface area contributed by atoms with Crippen LogP contribution in [0.4, 0.5) is 18.9 Å². The maximum absolute atomic E-state index is 13.6. The number of rotatable bonds is 3. The number of anilines is 1. The van der Waals surface area contributed by atoms with Crippen LogP contribution in [0.25, 0.3) is 16.2 Å². The first kappa shape index (κ1) is 19.7. The first-order valence-electron chi connectivity index (χ1n) is 8.01. The van der Waals surface area contributed by atoms with Crippen molar-refractivity contribution >= 4 is 51.8 Å². The van der Waals surface area contributed by atoms with Crippen LogP contribution in [0.1, 0.15) is 16.2 Å². The third-order valence-corrected chi connectivity index (χ3v) is 5.45. The van der Waals surface area contributed by atoms with Crippen LogP contribution in [0.5, 0.6) is 0 Å². The molecule has 4 rings (SSSR count). The zero-order chi connectivity index (χ0) is 20.8. The molecule has 0 radical (unpaired) electrons. The van der Waals surface area contributed by atoms with Crippen LogP contribution < -0.4 is 5.32 Å². The number of para-hydroxylation sites is 1. The van der Waals surface area contributed by atoms with E-state index in [1.54, 1.807) is 23.6 Å². The van der Waals surface area contributed by atoms with Crippen LogP contribution in [0, 0.1) is 0 Å². The van der Waals surface area contributed by atoms with Gasteiger partial charge in [0.15, 0.2) is 17.0 Å². The molecule has 4 aromatic rings. The number of carbonyl (C=O) groups excluding carboxylic acids is 1. The fourth-order valence-electron chi connectivity index (χ4n) is 2.63. The predicted molar refractivity (Wildman–Crippen MR) is 106 cm³/mol. The molecule has 0 bridgehead atoms. The average molecular weight is 457 g/mol. The van der Waals surface area contributed by atoms with Crippen LogP contribution >= 0.6 is 34.5 Å². The summed E-state index contributed by atoms with van der Waals surface area (Å²) in [5.74, 6) is -0.767. The summed E-state index contributed by atoms with van der Waals surface area (Å²) in [6.07, 6.45) is -4.70. The fraction of sp³-hybridized carbons (Fsp3) is 0.0556. The Morgan fingerprint density at radius 1 is 1.10 bits per heavy atom. The minimum absolute atomic E-state index is 0.112. The molecule has 3 heterocycles. The molecule has 0 aliphatic carbocycles. The molecule has 0 saturated carbocycles. The van der Waals surface area contributed by atoms with Crippen LogP contribution in [0.15, 0.2) is 47.8 Å². The Hall–Kier alpha value is -2.62. The lowest BCUT2D eigenvalue weighted by Gasteiger charge is -2.10. The highest BCUT2D eigenvalue weighted by atomic mass is 35.5. The van der Waals surface area contributed by atoms with Gasteiger partial charge in [0, 0.05) is 6.07 Å². The first-order valence-corrected chi connectivity index (χ1v) is 9.65. The molecule has 3 aromatic heterocycles. The predicted octanol–water partition coefficient (Wildman–Crippen LogP) is 6.04. The van der Waals surface area contributed by atoms with E-state index in [4.69, 9.17) is 23.2 Å². The third-order valence-electron chi connectivity index (χ3n) is 3.93. The summed E-state index contributed by atoms with van der Waals surface area (Å²) in [5.41, 5.74) is -1.14. The standard InChI is InChI=1S/C18H9Cl2F3N4OS/c19-9-3-1-4-10(20)16(9)25-17(28)12-8-15-24-11(13-5-2-6-29-13)7-14(18(21,22)23)27(15)26-12/h1-8H,(H,25,28). The van der Waals surface area contributed by atoms with Crippen molar-refractivity contribution in [2.75, 3.05) is 5.32 Å². The van der Waals surface area contributed by atoms with E-state index < -0.39 is 17.8 Å². The number of nitrogens with one attached hydrogen (secondary N) is 1. The van der Waals surface area contributed by atoms with Gasteiger partial charge >= 0.3 is 6.18 Å². The van der Waals surface area contributed by atoms with Crippen molar-refractivity contribution in [2.45, 2.75) is 6.18 Å². The molecule has 0 spiro atoms. The van der Waals surface area contributed by atoms with Crippen LogP contribution in [-0.2, 0) is 6.18 Å². The largest absolute Gasteiger partial charge is 0.433 e. The van der Waals surface area contributed by atoms with E-state index in [2.05, 4.69) is 15.4 Å². The Morgan fingerprint density at radius 2 is 1.83 bits per heavy atom. The summed E-state index contributed by atoms with van der Waals surface area (Å²) in [4.78, 5) is 17.3. The summed E-state index contributed by atoms with van der Waals surface area (Å²) in [5, 5.41) is 8.37. The van der Waals surface area contributed by atoms with Crippen LogP contribution in [0.3, 0.4) is 0 Å². The number of aromatic nitrogens is 3. The molecule has 0 aliphatic heterocycles. The van der Waals surface area contributed by atoms with E-state index in [-0.39, 0.29) is 32.8 Å². The molecule has 1 aromatic carbocycles. The van der Waals surface area contributed by atoms with Gasteiger partial charge in [0.2, 0.25) is 0 Å². The molecule has 0 aliphatic rings. The number of halogens is 5. The number of hydrogen-bond donors (Lipinski definition) is 1. The van der Waals surface area contributed by atoms with Gasteiger partial charge in [0.05, 0.1) is 26.3 Å². The minimum Gasteiger partial charge on any atom is -0.318 e. The van der Waals surface area contributed by atoms with Crippen molar-refractivity contribution in [3.05, 3.63) is 69.3 Å². The van der Waals surface area contributed by atoms with E-state index in [1.807, 2.05) is 0 Å². The Balaban J connectivity index is 1.80. The quantitative estimate of drug-likeness (QED) is 0.409. The molecular formula is C18H9Cl2F3N4OS. The molecule has 1 N–H and O–H groups in total. The minimum atomic E-state index is -4.70. The van der Waals surface area contributed by atoms with Gasteiger partial charge < -0.3 is 5.32 Å². The second kappa shape index (κ2) is 7.33. The Kier molecular flexibility index (Phi) is 4.97.